The topological polar surface area (TPSA) is 115 Å². The van der Waals surface area contributed by atoms with Crippen molar-refractivity contribution in [3.05, 3.63) is 39.9 Å². The van der Waals surface area contributed by atoms with Crippen LogP contribution in [0.15, 0.2) is 24.3 Å². The molecule has 0 aliphatic rings. The van der Waals surface area contributed by atoms with Gasteiger partial charge < -0.3 is 11.1 Å². The fraction of sp³-hybridized carbons (Fsp3) is 0.444. The van der Waals surface area contributed by atoms with Crippen molar-refractivity contribution >= 4 is 25.6 Å². The van der Waals surface area contributed by atoms with Crippen LogP contribution in [0, 0.1) is 21.6 Å². The molecule has 7 nitrogen and oxygen atoms in total. The molecule has 0 bridgehead atoms. The molecule has 140 valence electrons. The molecule has 0 saturated carbocycles. The van der Waals surface area contributed by atoms with Gasteiger partial charge in [0.2, 0.25) is 5.91 Å². The molecule has 1 rings (SSSR count). The van der Waals surface area contributed by atoms with Crippen molar-refractivity contribution in [2.75, 3.05) is 0 Å². The number of rotatable bonds is 5. The number of nitrogens with zero attached hydrogens (tertiary/aromatic N) is 1. The van der Waals surface area contributed by atoms with Crippen molar-refractivity contribution < 1.29 is 14.5 Å². The number of primary amides is 1. The second kappa shape index (κ2) is 8.14. The quantitative estimate of drug-likeness (QED) is 0.356. The minimum Gasteiger partial charge on any atom is -0.368 e. The minimum atomic E-state index is -1.83. The third kappa shape index (κ3) is 5.70. The maximum atomic E-state index is 12.3. The summed E-state index contributed by atoms with van der Waals surface area (Å²) in [5, 5.41) is 13.4. The maximum absolute atomic E-state index is 12.3. The summed E-state index contributed by atoms with van der Waals surface area (Å²) in [6.07, 6.45) is 0.0997. The van der Waals surface area contributed by atoms with E-state index >= 15 is 0 Å². The molecule has 0 aliphatic carbocycles. The number of hydrogen-bond donors (Lipinski definition) is 2. The van der Waals surface area contributed by atoms with E-state index in [0.29, 0.717) is 0 Å². The van der Waals surface area contributed by atoms with Crippen LogP contribution in [0.4, 0.5) is 5.69 Å². The molecule has 0 radical (unpaired) electrons. The van der Waals surface area contributed by atoms with Crippen LogP contribution >= 0.6 is 0 Å². The van der Waals surface area contributed by atoms with Gasteiger partial charge in [-0.25, -0.2) is 0 Å². The second-order valence-corrected chi connectivity index (χ2v) is 12.6. The first-order valence-electron chi connectivity index (χ1n) is 8.20. The number of benzene rings is 1. The molecule has 8 heteroatoms. The van der Waals surface area contributed by atoms with Crippen LogP contribution in [0.5, 0.6) is 0 Å². The second-order valence-electron chi connectivity index (χ2n) is 7.62. The van der Waals surface area contributed by atoms with E-state index in [1.807, 2.05) is 0 Å². The van der Waals surface area contributed by atoms with Gasteiger partial charge in [-0.2, -0.15) is 0 Å². The molecule has 3 N–H and O–H groups in total. The molecular weight excluding hydrogens is 350 g/mol. The Kier molecular flexibility index (Phi) is 6.70. The van der Waals surface area contributed by atoms with Crippen LogP contribution in [-0.4, -0.2) is 30.9 Å². The van der Waals surface area contributed by atoms with Crippen molar-refractivity contribution in [1.29, 1.82) is 0 Å². The van der Waals surface area contributed by atoms with Crippen LogP contribution < -0.4 is 11.1 Å². The number of carbonyl (C=O) groups excluding carboxylic acids is 2. The molecule has 1 aromatic rings. The highest BCUT2D eigenvalue weighted by Crippen LogP contribution is 2.35. The zero-order chi connectivity index (χ0) is 20.1. The van der Waals surface area contributed by atoms with Gasteiger partial charge in [-0.15, -0.1) is 11.5 Å². The van der Waals surface area contributed by atoms with Crippen molar-refractivity contribution in [2.24, 2.45) is 5.73 Å². The number of nitrogens with one attached hydrogen (secondary N) is 1. The van der Waals surface area contributed by atoms with E-state index in [4.69, 9.17) is 5.73 Å². The number of hydrogen-bond acceptors (Lipinski definition) is 4. The number of nitrogens with two attached hydrogens (primary N) is 1. The molecule has 1 atom stereocenters. The highest BCUT2D eigenvalue weighted by molar-refractivity contribution is 6.87. The summed E-state index contributed by atoms with van der Waals surface area (Å²) in [6, 6.07) is 4.31. The first-order valence-corrected chi connectivity index (χ1v) is 11.2. The van der Waals surface area contributed by atoms with Gasteiger partial charge in [0.05, 0.1) is 4.92 Å². The van der Waals surface area contributed by atoms with Crippen LogP contribution in [0.25, 0.3) is 0 Å². The molecule has 1 aromatic carbocycles. The molecule has 0 heterocycles. The molecule has 0 unspecified atom stereocenters. The first kappa shape index (κ1) is 21.4. The van der Waals surface area contributed by atoms with Gasteiger partial charge in [-0.1, -0.05) is 39.9 Å². The van der Waals surface area contributed by atoms with E-state index in [2.05, 4.69) is 50.6 Å². The zero-order valence-corrected chi connectivity index (χ0v) is 16.8. The van der Waals surface area contributed by atoms with E-state index in [9.17, 15) is 19.7 Å². The Morgan fingerprint density at radius 1 is 1.35 bits per heavy atom. The summed E-state index contributed by atoms with van der Waals surface area (Å²) >= 11 is 0. The lowest BCUT2D eigenvalue weighted by atomic mass is 10.1. The average Bonchev–Trinajstić information content (AvgIpc) is 2.52. The Labute approximate surface area is 154 Å². The number of nitro benzene ring substituents is 1. The molecule has 0 fully saturated rings. The normalized spacial score (nSPS) is 12.5. The fourth-order valence-corrected chi connectivity index (χ4v) is 2.71. The SMILES string of the molecule is CC(C)(C)[Si](C)(C)C#CC[C@@H](NC(=O)c1cccc([N+](=O)[O-])c1)C(N)=O. The van der Waals surface area contributed by atoms with Crippen LogP contribution in [0.1, 0.15) is 37.6 Å². The largest absolute Gasteiger partial charge is 0.368 e. The standard InChI is InChI=1S/C18H25N3O4Si/c1-18(2,3)26(4,5)11-7-10-15(16(19)22)20-17(23)13-8-6-9-14(12-13)21(24)25/h6,8-9,12,15H,10H2,1-5H3,(H2,19,22)(H,20,23)/t15-/m1/s1. The minimum absolute atomic E-state index is 0.0778. The van der Waals surface area contributed by atoms with Crippen LogP contribution in [0.3, 0.4) is 0 Å². The highest BCUT2D eigenvalue weighted by atomic mass is 28.3. The Bertz CT molecular complexity index is 773. The van der Waals surface area contributed by atoms with Gasteiger partial charge in [0, 0.05) is 24.1 Å². The van der Waals surface area contributed by atoms with Gasteiger partial charge in [-0.3, -0.25) is 19.7 Å². The van der Waals surface area contributed by atoms with Crippen molar-refractivity contribution in [3.63, 3.8) is 0 Å². The predicted molar refractivity (Wildman–Crippen MR) is 103 cm³/mol. The highest BCUT2D eigenvalue weighted by Gasteiger charge is 2.33. The van der Waals surface area contributed by atoms with Gasteiger partial charge in [0.1, 0.15) is 14.1 Å². The zero-order valence-electron chi connectivity index (χ0n) is 15.8. The summed E-state index contributed by atoms with van der Waals surface area (Å²) in [6.45, 7) is 10.7. The lowest BCUT2D eigenvalue weighted by Crippen LogP contribution is -2.44. The Balaban J connectivity index is 2.90. The van der Waals surface area contributed by atoms with Crippen molar-refractivity contribution in [2.45, 2.75) is 51.4 Å². The smallest absolute Gasteiger partial charge is 0.270 e. The Hall–Kier alpha value is -2.66. The third-order valence-corrected chi connectivity index (χ3v) is 9.10. The predicted octanol–water partition coefficient (Wildman–Crippen LogP) is 2.62. The first-order chi connectivity index (χ1) is 11.8. The lowest BCUT2D eigenvalue weighted by Gasteiger charge is -2.31. The van der Waals surface area contributed by atoms with E-state index in [1.165, 1.54) is 18.2 Å². The van der Waals surface area contributed by atoms with E-state index < -0.39 is 30.9 Å². The number of non-ortho nitro benzene ring substituents is 1. The summed E-state index contributed by atoms with van der Waals surface area (Å²) in [5.41, 5.74) is 8.50. The molecule has 0 saturated heterocycles. The van der Waals surface area contributed by atoms with Crippen molar-refractivity contribution in [1.82, 2.24) is 5.32 Å². The number of nitro groups is 1. The molecule has 2 amide bonds. The Morgan fingerprint density at radius 3 is 2.46 bits per heavy atom. The average molecular weight is 376 g/mol. The van der Waals surface area contributed by atoms with Crippen LogP contribution in [-0.2, 0) is 4.79 Å². The van der Waals surface area contributed by atoms with E-state index in [0.717, 1.165) is 6.07 Å². The molecular formula is C18H25N3O4Si. The van der Waals surface area contributed by atoms with Crippen LogP contribution in [0.2, 0.25) is 18.1 Å². The molecule has 0 aliphatic heterocycles. The monoisotopic (exact) mass is 375 g/mol. The van der Waals surface area contributed by atoms with Crippen molar-refractivity contribution in [3.8, 4) is 11.5 Å². The van der Waals surface area contributed by atoms with E-state index in [1.54, 1.807) is 0 Å². The number of amides is 2. The lowest BCUT2D eigenvalue weighted by molar-refractivity contribution is -0.384. The Morgan fingerprint density at radius 2 is 1.96 bits per heavy atom. The summed E-state index contributed by atoms with van der Waals surface area (Å²) in [5.74, 6) is 1.68. The number of carbonyl (C=O) groups is 2. The third-order valence-electron chi connectivity index (χ3n) is 4.55. The molecule has 0 spiro atoms. The van der Waals surface area contributed by atoms with Gasteiger partial charge in [0.15, 0.2) is 0 Å². The van der Waals surface area contributed by atoms with Gasteiger partial charge in [-0.05, 0) is 11.1 Å². The fourth-order valence-electron chi connectivity index (χ4n) is 1.79. The molecule has 0 aromatic heterocycles. The maximum Gasteiger partial charge on any atom is 0.270 e. The summed E-state index contributed by atoms with van der Waals surface area (Å²) in [7, 11) is -1.83. The van der Waals surface area contributed by atoms with E-state index in [-0.39, 0.29) is 22.7 Å². The van der Waals surface area contributed by atoms with Gasteiger partial charge in [0.25, 0.3) is 11.6 Å². The molecule has 26 heavy (non-hydrogen) atoms. The summed E-state index contributed by atoms with van der Waals surface area (Å²) in [4.78, 5) is 34.1. The summed E-state index contributed by atoms with van der Waals surface area (Å²) < 4.78 is 0. The van der Waals surface area contributed by atoms with Gasteiger partial charge >= 0.3 is 0 Å².